The molecule has 4 nitrogen and oxygen atoms in total. The molecule has 0 aliphatic carbocycles. The molecule has 0 aromatic heterocycles. The van der Waals surface area contributed by atoms with Crippen LogP contribution in [0, 0.1) is 5.92 Å². The predicted molar refractivity (Wildman–Crippen MR) is 92.3 cm³/mol. The first-order chi connectivity index (χ1) is 10.8. The number of guanidine groups is 1. The first kappa shape index (κ1) is 16.8. The summed E-state index contributed by atoms with van der Waals surface area (Å²) in [6.07, 6.45) is 3.38. The van der Waals surface area contributed by atoms with Gasteiger partial charge in [-0.1, -0.05) is 30.3 Å². The molecule has 1 aliphatic heterocycles. The average Bonchev–Trinajstić information content (AvgIpc) is 3.00. The van der Waals surface area contributed by atoms with E-state index in [4.69, 9.17) is 9.73 Å². The van der Waals surface area contributed by atoms with Crippen molar-refractivity contribution in [3.05, 3.63) is 35.9 Å². The highest BCUT2D eigenvalue weighted by molar-refractivity contribution is 5.80. The molecule has 122 valence electrons. The number of nitrogens with one attached hydrogen (secondary N) is 1. The molecule has 4 heteroatoms. The summed E-state index contributed by atoms with van der Waals surface area (Å²) in [5, 5.41) is 3.42. The van der Waals surface area contributed by atoms with Crippen molar-refractivity contribution < 1.29 is 4.74 Å². The third-order valence-corrected chi connectivity index (χ3v) is 4.05. The number of benzene rings is 1. The van der Waals surface area contributed by atoms with Crippen molar-refractivity contribution in [1.82, 2.24) is 10.2 Å². The first-order valence-corrected chi connectivity index (χ1v) is 8.39. The van der Waals surface area contributed by atoms with Crippen molar-refractivity contribution in [2.24, 2.45) is 10.9 Å². The fraction of sp³-hybridized carbons (Fsp3) is 0.611. The van der Waals surface area contributed by atoms with Crippen LogP contribution in [0.2, 0.25) is 0 Å². The molecule has 1 aromatic rings. The summed E-state index contributed by atoms with van der Waals surface area (Å²) in [5.74, 6) is 1.70. The van der Waals surface area contributed by atoms with Crippen molar-refractivity contribution in [3.8, 4) is 0 Å². The van der Waals surface area contributed by atoms with Gasteiger partial charge in [0.25, 0.3) is 0 Å². The average molecular weight is 303 g/mol. The Bertz CT molecular complexity index is 447. The summed E-state index contributed by atoms with van der Waals surface area (Å²) in [7, 11) is 1.78. The lowest BCUT2D eigenvalue weighted by atomic mass is 10.1. The minimum Gasteiger partial charge on any atom is -0.384 e. The molecule has 0 bridgehead atoms. The summed E-state index contributed by atoms with van der Waals surface area (Å²) in [6, 6.07) is 10.6. The second-order valence-corrected chi connectivity index (χ2v) is 5.88. The van der Waals surface area contributed by atoms with Gasteiger partial charge in [0, 0.05) is 39.2 Å². The number of likely N-dealkylation sites (tertiary alicyclic amines) is 1. The van der Waals surface area contributed by atoms with Crippen LogP contribution in [0.5, 0.6) is 0 Å². The van der Waals surface area contributed by atoms with E-state index in [1.165, 1.54) is 12.0 Å². The van der Waals surface area contributed by atoms with Gasteiger partial charge in [-0.05, 0) is 31.7 Å². The van der Waals surface area contributed by atoms with Crippen molar-refractivity contribution in [2.75, 3.05) is 39.9 Å². The molecule has 1 heterocycles. The third-order valence-electron chi connectivity index (χ3n) is 4.05. The molecule has 1 N–H and O–H groups in total. The van der Waals surface area contributed by atoms with E-state index < -0.39 is 0 Å². The van der Waals surface area contributed by atoms with E-state index in [0.29, 0.717) is 5.92 Å². The van der Waals surface area contributed by atoms with Gasteiger partial charge in [0.15, 0.2) is 5.96 Å². The van der Waals surface area contributed by atoms with E-state index in [9.17, 15) is 0 Å². The molecular weight excluding hydrogens is 274 g/mol. The van der Waals surface area contributed by atoms with Gasteiger partial charge in [-0.3, -0.25) is 4.99 Å². The highest BCUT2D eigenvalue weighted by atomic mass is 16.5. The first-order valence-electron chi connectivity index (χ1n) is 8.39. The molecule has 1 unspecified atom stereocenters. The molecular formula is C18H29N3O. The molecule has 0 saturated carbocycles. The number of aryl methyl sites for hydroxylation is 1. The summed E-state index contributed by atoms with van der Waals surface area (Å²) >= 11 is 0. The lowest BCUT2D eigenvalue weighted by molar-refractivity contribution is 0.157. The van der Waals surface area contributed by atoms with Crippen molar-refractivity contribution in [3.63, 3.8) is 0 Å². The van der Waals surface area contributed by atoms with Crippen molar-refractivity contribution in [2.45, 2.75) is 26.2 Å². The van der Waals surface area contributed by atoms with Gasteiger partial charge in [-0.2, -0.15) is 0 Å². The summed E-state index contributed by atoms with van der Waals surface area (Å²) in [6.45, 7) is 6.91. The second kappa shape index (κ2) is 9.46. The van der Waals surface area contributed by atoms with Crippen molar-refractivity contribution >= 4 is 5.96 Å². The molecule has 2 rings (SSSR count). The highest BCUT2D eigenvalue weighted by Gasteiger charge is 2.24. The van der Waals surface area contributed by atoms with Crippen LogP contribution >= 0.6 is 0 Å². The number of aliphatic imine (C=N–C) groups is 1. The maximum Gasteiger partial charge on any atom is 0.193 e. The van der Waals surface area contributed by atoms with Crippen LogP contribution in [0.15, 0.2) is 35.3 Å². The molecule has 1 aromatic carbocycles. The maximum absolute atomic E-state index is 5.27. The molecule has 1 saturated heterocycles. The molecule has 1 fully saturated rings. The van der Waals surface area contributed by atoms with Gasteiger partial charge < -0.3 is 15.0 Å². The fourth-order valence-electron chi connectivity index (χ4n) is 2.94. The monoisotopic (exact) mass is 303 g/mol. The van der Waals surface area contributed by atoms with E-state index in [-0.39, 0.29) is 0 Å². The number of nitrogens with zero attached hydrogens (tertiary/aromatic N) is 2. The Balaban J connectivity index is 1.80. The Morgan fingerprint density at radius 2 is 2.18 bits per heavy atom. The van der Waals surface area contributed by atoms with E-state index in [2.05, 4.69) is 47.5 Å². The maximum atomic E-state index is 5.27. The Morgan fingerprint density at radius 3 is 2.91 bits per heavy atom. The van der Waals surface area contributed by atoms with Crippen LogP contribution < -0.4 is 5.32 Å². The second-order valence-electron chi connectivity index (χ2n) is 5.88. The zero-order chi connectivity index (χ0) is 15.6. The lowest BCUT2D eigenvalue weighted by Gasteiger charge is -2.21. The molecule has 0 amide bonds. The standard InChI is InChI=1S/C18H29N3O/c1-3-19-18(21-13-11-17(14-21)15-22-2)20-12-7-10-16-8-5-4-6-9-16/h4-6,8-9,17H,3,7,10-15H2,1-2H3,(H,19,20). The molecule has 0 spiro atoms. The molecule has 1 aliphatic rings. The fourth-order valence-corrected chi connectivity index (χ4v) is 2.94. The van der Waals surface area contributed by atoms with Gasteiger partial charge >= 0.3 is 0 Å². The minimum atomic E-state index is 0.637. The topological polar surface area (TPSA) is 36.9 Å². The van der Waals surface area contributed by atoms with Crippen LogP contribution in [0.3, 0.4) is 0 Å². The number of methoxy groups -OCH3 is 1. The van der Waals surface area contributed by atoms with Crippen LogP contribution in [0.4, 0.5) is 0 Å². The smallest absolute Gasteiger partial charge is 0.193 e. The SMILES string of the molecule is CCNC(=NCCCc1ccccc1)N1CCC(COC)C1. The van der Waals surface area contributed by atoms with Crippen LogP contribution in [0.1, 0.15) is 25.3 Å². The van der Waals surface area contributed by atoms with Gasteiger partial charge in [0.05, 0.1) is 6.61 Å². The third kappa shape index (κ3) is 5.34. The Morgan fingerprint density at radius 1 is 1.36 bits per heavy atom. The van der Waals surface area contributed by atoms with E-state index >= 15 is 0 Å². The van der Waals surface area contributed by atoms with E-state index in [1.54, 1.807) is 7.11 Å². The number of ether oxygens (including phenoxy) is 1. The Hall–Kier alpha value is -1.55. The Labute approximate surface area is 134 Å². The summed E-state index contributed by atoms with van der Waals surface area (Å²) in [4.78, 5) is 7.17. The largest absolute Gasteiger partial charge is 0.384 e. The van der Waals surface area contributed by atoms with E-state index in [0.717, 1.165) is 51.6 Å². The number of rotatable bonds is 7. The van der Waals surface area contributed by atoms with Gasteiger partial charge in [-0.25, -0.2) is 0 Å². The summed E-state index contributed by atoms with van der Waals surface area (Å²) in [5.41, 5.74) is 1.39. The molecule has 0 radical (unpaired) electrons. The highest BCUT2D eigenvalue weighted by Crippen LogP contribution is 2.16. The van der Waals surface area contributed by atoms with Crippen LogP contribution in [-0.4, -0.2) is 50.8 Å². The zero-order valence-corrected chi connectivity index (χ0v) is 13.9. The van der Waals surface area contributed by atoms with Crippen molar-refractivity contribution in [1.29, 1.82) is 0 Å². The van der Waals surface area contributed by atoms with E-state index in [1.807, 2.05) is 0 Å². The van der Waals surface area contributed by atoms with Gasteiger partial charge in [-0.15, -0.1) is 0 Å². The normalized spacial score (nSPS) is 18.7. The molecule has 1 atom stereocenters. The number of hydrogen-bond acceptors (Lipinski definition) is 2. The van der Waals surface area contributed by atoms with Crippen LogP contribution in [0.25, 0.3) is 0 Å². The lowest BCUT2D eigenvalue weighted by Crippen LogP contribution is -2.40. The van der Waals surface area contributed by atoms with Gasteiger partial charge in [0.2, 0.25) is 0 Å². The molecule has 22 heavy (non-hydrogen) atoms. The van der Waals surface area contributed by atoms with Gasteiger partial charge in [0.1, 0.15) is 0 Å². The van der Waals surface area contributed by atoms with Crippen LogP contribution in [-0.2, 0) is 11.2 Å². The predicted octanol–water partition coefficient (Wildman–Crippen LogP) is 2.55. The summed E-state index contributed by atoms with van der Waals surface area (Å²) < 4.78 is 5.27. The quantitative estimate of drug-likeness (QED) is 0.478. The number of hydrogen-bond donors (Lipinski definition) is 1. The zero-order valence-electron chi connectivity index (χ0n) is 13.9. The minimum absolute atomic E-state index is 0.637. The Kier molecular flexibility index (Phi) is 7.23.